The molecule has 1 aliphatic carbocycles. The molecule has 0 saturated heterocycles. The Morgan fingerprint density at radius 3 is 2.49 bits per heavy atom. The first-order valence-electron chi connectivity index (χ1n) is 14.1. The van der Waals surface area contributed by atoms with Crippen molar-refractivity contribution in [3.05, 3.63) is 77.5 Å². The van der Waals surface area contributed by atoms with Gasteiger partial charge in [-0.3, -0.25) is 0 Å². The van der Waals surface area contributed by atoms with E-state index in [4.69, 9.17) is 4.74 Å². The van der Waals surface area contributed by atoms with Crippen molar-refractivity contribution in [1.29, 1.82) is 0 Å². The minimum atomic E-state index is 0.541. The second kappa shape index (κ2) is 8.58. The summed E-state index contributed by atoms with van der Waals surface area (Å²) in [5.41, 5.74) is 6.70. The number of fused-ring (bicyclic) bond motifs is 5. The molecule has 0 radical (unpaired) electrons. The van der Waals surface area contributed by atoms with Gasteiger partial charge in [-0.1, -0.05) is 82.0 Å². The summed E-state index contributed by atoms with van der Waals surface area (Å²) in [6, 6.07) is 20.4. The first-order valence-corrected chi connectivity index (χ1v) is 14.1. The second-order valence-corrected chi connectivity index (χ2v) is 11.9. The lowest BCUT2D eigenvalue weighted by atomic mass is 9.85. The number of rotatable bonds is 4. The third kappa shape index (κ3) is 3.49. The average Bonchev–Trinajstić information content (AvgIpc) is 3.40. The van der Waals surface area contributed by atoms with E-state index in [1.54, 1.807) is 0 Å². The minimum Gasteiger partial charge on any atom is -0.455 e. The minimum absolute atomic E-state index is 0.541. The van der Waals surface area contributed by atoms with Gasteiger partial charge in [-0.25, -0.2) is 4.57 Å². The van der Waals surface area contributed by atoms with E-state index in [-0.39, 0.29) is 0 Å². The fourth-order valence-corrected chi connectivity index (χ4v) is 7.24. The smallest absolute Gasteiger partial charge is 0.228 e. The van der Waals surface area contributed by atoms with Crippen LogP contribution in [0.5, 0.6) is 11.5 Å². The third-order valence-corrected chi connectivity index (χ3v) is 8.89. The fourth-order valence-electron chi connectivity index (χ4n) is 7.24. The lowest BCUT2D eigenvalue weighted by Crippen LogP contribution is -2.32. The standard InChI is InChI=1S/C35H36NO/c1-21(2)18-29-27-15-8-7-14-26(27)22(3)31-34-33-28(16-17-36(34)4)32-24(19-23-10-5-6-11-23)12-9-13-25(32)20-30(33)37-35(29)31/h7-9,12-17,20-21,23H,5-6,10-11,18-19H2,1-4H3/q+1. The van der Waals surface area contributed by atoms with Gasteiger partial charge >= 0.3 is 0 Å². The van der Waals surface area contributed by atoms with Crippen molar-refractivity contribution in [2.24, 2.45) is 18.9 Å². The Labute approximate surface area is 219 Å². The van der Waals surface area contributed by atoms with Crippen LogP contribution in [0.1, 0.15) is 56.2 Å². The molecule has 2 heterocycles. The van der Waals surface area contributed by atoms with E-state index in [0.29, 0.717) is 5.92 Å². The van der Waals surface area contributed by atoms with Crippen LogP contribution < -0.4 is 9.30 Å². The molecule has 2 aliphatic rings. The Balaban J connectivity index is 1.57. The molecule has 1 saturated carbocycles. The van der Waals surface area contributed by atoms with E-state index in [9.17, 15) is 0 Å². The average molecular weight is 487 g/mol. The lowest BCUT2D eigenvalue weighted by Gasteiger charge is -2.26. The quantitative estimate of drug-likeness (QED) is 0.179. The number of ether oxygens (including phenoxy) is 1. The molecule has 1 aliphatic heterocycles. The number of pyridine rings is 1. The first kappa shape index (κ1) is 22.8. The van der Waals surface area contributed by atoms with Crippen molar-refractivity contribution < 1.29 is 9.30 Å². The number of hydrogen-bond donors (Lipinski definition) is 0. The Hall–Kier alpha value is -3.39. The van der Waals surface area contributed by atoms with Crippen molar-refractivity contribution in [3.8, 4) is 22.8 Å². The van der Waals surface area contributed by atoms with Crippen LogP contribution >= 0.6 is 0 Å². The van der Waals surface area contributed by atoms with Crippen LogP contribution in [0.2, 0.25) is 0 Å². The maximum Gasteiger partial charge on any atom is 0.228 e. The van der Waals surface area contributed by atoms with E-state index in [0.717, 1.165) is 23.8 Å². The highest BCUT2D eigenvalue weighted by atomic mass is 16.5. The van der Waals surface area contributed by atoms with Crippen molar-refractivity contribution in [3.63, 3.8) is 0 Å². The van der Waals surface area contributed by atoms with Crippen LogP contribution in [0.15, 0.2) is 60.8 Å². The molecule has 0 N–H and O–H groups in total. The van der Waals surface area contributed by atoms with Crippen LogP contribution in [0, 0.1) is 18.8 Å². The van der Waals surface area contributed by atoms with Crippen LogP contribution in [-0.4, -0.2) is 0 Å². The van der Waals surface area contributed by atoms with Crippen molar-refractivity contribution in [1.82, 2.24) is 0 Å². The van der Waals surface area contributed by atoms with Gasteiger partial charge in [0.05, 0.1) is 10.9 Å². The molecule has 7 rings (SSSR count). The van der Waals surface area contributed by atoms with Gasteiger partial charge in [0.25, 0.3) is 0 Å². The fraction of sp³-hybridized carbons (Fsp3) is 0.343. The summed E-state index contributed by atoms with van der Waals surface area (Å²) >= 11 is 0. The first-order chi connectivity index (χ1) is 18.0. The summed E-state index contributed by atoms with van der Waals surface area (Å²) in [5, 5.41) is 7.97. The summed E-state index contributed by atoms with van der Waals surface area (Å²) < 4.78 is 9.31. The Morgan fingerprint density at radius 2 is 1.70 bits per heavy atom. The van der Waals surface area contributed by atoms with Crippen molar-refractivity contribution >= 4 is 32.3 Å². The molecule has 0 bridgehead atoms. The molecule has 2 nitrogen and oxygen atoms in total. The van der Waals surface area contributed by atoms with Crippen molar-refractivity contribution in [2.45, 2.75) is 59.3 Å². The molecule has 1 aromatic heterocycles. The van der Waals surface area contributed by atoms with E-state index in [2.05, 4.69) is 93.2 Å². The zero-order chi connectivity index (χ0) is 25.3. The van der Waals surface area contributed by atoms with Gasteiger partial charge in [-0.05, 0) is 70.3 Å². The predicted octanol–water partition coefficient (Wildman–Crippen LogP) is 8.98. The van der Waals surface area contributed by atoms with Gasteiger partial charge in [0, 0.05) is 17.0 Å². The molecular formula is C35H36NO+. The van der Waals surface area contributed by atoms with E-state index >= 15 is 0 Å². The predicted molar refractivity (Wildman–Crippen MR) is 155 cm³/mol. The highest BCUT2D eigenvalue weighted by Gasteiger charge is 2.34. The highest BCUT2D eigenvalue weighted by molar-refractivity contribution is 6.17. The Bertz CT molecular complexity index is 1700. The number of hydrogen-bond acceptors (Lipinski definition) is 1. The van der Waals surface area contributed by atoms with Crippen LogP contribution in [0.25, 0.3) is 43.6 Å². The topological polar surface area (TPSA) is 13.1 Å². The summed E-state index contributed by atoms with van der Waals surface area (Å²) in [6.45, 7) is 6.88. The van der Waals surface area contributed by atoms with E-state index in [1.165, 1.54) is 92.4 Å². The Kier molecular flexibility index (Phi) is 5.29. The van der Waals surface area contributed by atoms with E-state index in [1.807, 2.05) is 0 Å². The van der Waals surface area contributed by atoms with Gasteiger partial charge < -0.3 is 4.74 Å². The van der Waals surface area contributed by atoms with Gasteiger partial charge in [0.15, 0.2) is 6.20 Å². The summed E-state index contributed by atoms with van der Waals surface area (Å²) in [5.74, 6) is 3.41. The number of aryl methyl sites for hydroxylation is 2. The summed E-state index contributed by atoms with van der Waals surface area (Å²) in [6.07, 6.45) is 9.95. The molecule has 5 aromatic rings. The molecule has 186 valence electrons. The van der Waals surface area contributed by atoms with Crippen LogP contribution in [0.4, 0.5) is 0 Å². The maximum absolute atomic E-state index is 6.99. The molecule has 4 aromatic carbocycles. The summed E-state index contributed by atoms with van der Waals surface area (Å²) in [7, 11) is 2.19. The highest BCUT2D eigenvalue weighted by Crippen LogP contribution is 2.52. The number of benzene rings is 4. The molecule has 0 unspecified atom stereocenters. The zero-order valence-corrected chi connectivity index (χ0v) is 22.5. The molecule has 2 heteroatoms. The van der Waals surface area contributed by atoms with Crippen molar-refractivity contribution in [2.75, 3.05) is 0 Å². The van der Waals surface area contributed by atoms with Gasteiger partial charge in [-0.2, -0.15) is 0 Å². The zero-order valence-electron chi connectivity index (χ0n) is 22.5. The van der Waals surface area contributed by atoms with Gasteiger partial charge in [-0.15, -0.1) is 0 Å². The molecule has 0 atom stereocenters. The Morgan fingerprint density at radius 1 is 0.919 bits per heavy atom. The maximum atomic E-state index is 6.99. The lowest BCUT2D eigenvalue weighted by molar-refractivity contribution is -0.659. The monoisotopic (exact) mass is 486 g/mol. The second-order valence-electron chi connectivity index (χ2n) is 11.9. The molecule has 1 fully saturated rings. The molecular weight excluding hydrogens is 450 g/mol. The molecule has 0 amide bonds. The van der Waals surface area contributed by atoms with Crippen LogP contribution in [-0.2, 0) is 19.9 Å². The summed E-state index contributed by atoms with van der Waals surface area (Å²) in [4.78, 5) is 0. The SMILES string of the molecule is Cc1c2c(c(CC(C)C)c3ccccc13)Oc1cc3cccc(CC4CCCC4)c3c3cc[n+](C)c-2c13. The molecule has 0 spiro atoms. The number of aromatic nitrogens is 1. The van der Waals surface area contributed by atoms with E-state index < -0.39 is 0 Å². The van der Waals surface area contributed by atoms with Crippen LogP contribution in [0.3, 0.4) is 0 Å². The largest absolute Gasteiger partial charge is 0.455 e. The van der Waals surface area contributed by atoms with Gasteiger partial charge in [0.1, 0.15) is 18.5 Å². The van der Waals surface area contributed by atoms with Gasteiger partial charge in [0.2, 0.25) is 5.69 Å². The molecule has 37 heavy (non-hydrogen) atoms. The number of nitrogens with zero attached hydrogens (tertiary/aromatic N) is 1. The third-order valence-electron chi connectivity index (χ3n) is 8.89. The normalized spacial score (nSPS) is 15.2.